The van der Waals surface area contributed by atoms with Gasteiger partial charge in [-0.1, -0.05) is 0 Å². The third kappa shape index (κ3) is 9.53. The number of carbonyl (C=O) groups is 4. The molecule has 1 aliphatic heterocycles. The Kier molecular flexibility index (Phi) is 11.9. The van der Waals surface area contributed by atoms with Crippen LogP contribution in [0.2, 0.25) is 0 Å². The summed E-state index contributed by atoms with van der Waals surface area (Å²) in [4.78, 5) is 53.4. The Hall–Kier alpha value is -4.03. The number of alkyl halides is 3. The standard InChI is InChI=1S/C30H36F3N5O8S2/c1-47-21-5-7-22(8-6-21)48(45,46)17-18-2-4-20(39)15-25(18)35-26(40)16-34-27(41)23-14-19(30(31,32)33)3-9-24(23)36-28(42)37-10-12-38(13-11-37)29(43)44/h3,5-9,14,18,20,25,39H,2,4,10-13,15-17H2,1H3,(H,34,41)(H,35,40)(H,36,42)(H,43,44)/t18-,20-,25-/m0/s1. The fraction of sp³-hybridized carbons (Fsp3) is 0.467. The minimum Gasteiger partial charge on any atom is -0.465 e. The zero-order valence-corrected chi connectivity index (χ0v) is 27.5. The largest absolute Gasteiger partial charge is 0.465 e. The number of hydrogen-bond acceptors (Lipinski definition) is 8. The highest BCUT2D eigenvalue weighted by molar-refractivity contribution is 7.98. The highest BCUT2D eigenvalue weighted by Crippen LogP contribution is 2.32. The van der Waals surface area contributed by atoms with Crippen molar-refractivity contribution in [3.63, 3.8) is 0 Å². The Bertz CT molecular complexity index is 1620. The van der Waals surface area contributed by atoms with Gasteiger partial charge in [-0.25, -0.2) is 18.0 Å². The van der Waals surface area contributed by atoms with E-state index in [1.54, 1.807) is 12.1 Å². The molecule has 1 saturated heterocycles. The summed E-state index contributed by atoms with van der Waals surface area (Å²) in [5, 5.41) is 26.6. The van der Waals surface area contributed by atoms with E-state index in [1.807, 2.05) is 6.26 Å². The minimum absolute atomic E-state index is 0.0168. The Balaban J connectivity index is 1.42. The summed E-state index contributed by atoms with van der Waals surface area (Å²) < 4.78 is 66.9. The van der Waals surface area contributed by atoms with Crippen molar-refractivity contribution in [2.75, 3.05) is 50.0 Å². The van der Waals surface area contributed by atoms with Crippen molar-refractivity contribution in [3.8, 4) is 0 Å². The number of nitrogens with zero attached hydrogens (tertiary/aromatic N) is 2. The number of carbonyl (C=O) groups excluding carboxylic acids is 3. The van der Waals surface area contributed by atoms with Crippen LogP contribution in [0.15, 0.2) is 52.3 Å². The van der Waals surface area contributed by atoms with Crippen molar-refractivity contribution < 1.29 is 51.0 Å². The second-order valence-electron chi connectivity index (χ2n) is 11.5. The molecule has 3 atom stereocenters. The second kappa shape index (κ2) is 15.5. The molecule has 0 bridgehead atoms. The van der Waals surface area contributed by atoms with Crippen LogP contribution in [-0.4, -0.2) is 109 Å². The summed E-state index contributed by atoms with van der Waals surface area (Å²) in [6.07, 6.45) is -4.22. The number of aliphatic hydroxyl groups excluding tert-OH is 1. The summed E-state index contributed by atoms with van der Waals surface area (Å²) in [5.74, 6) is -2.71. The van der Waals surface area contributed by atoms with Gasteiger partial charge in [-0.05, 0) is 73.9 Å². The molecule has 4 rings (SSSR count). The van der Waals surface area contributed by atoms with Crippen molar-refractivity contribution in [1.29, 1.82) is 0 Å². The van der Waals surface area contributed by atoms with E-state index in [0.29, 0.717) is 25.0 Å². The van der Waals surface area contributed by atoms with Gasteiger partial charge in [0.15, 0.2) is 9.84 Å². The molecule has 2 aromatic carbocycles. The highest BCUT2D eigenvalue weighted by atomic mass is 32.2. The molecule has 5 amide bonds. The number of rotatable bonds is 9. The highest BCUT2D eigenvalue weighted by Gasteiger charge is 2.35. The normalized spacial score (nSPS) is 20.1. The molecule has 1 saturated carbocycles. The summed E-state index contributed by atoms with van der Waals surface area (Å²) in [7, 11) is -3.75. The third-order valence-electron chi connectivity index (χ3n) is 8.24. The van der Waals surface area contributed by atoms with Gasteiger partial charge in [-0.3, -0.25) is 9.59 Å². The summed E-state index contributed by atoms with van der Waals surface area (Å²) in [5.41, 5.74) is -2.01. The van der Waals surface area contributed by atoms with Crippen LogP contribution in [0.4, 0.5) is 28.4 Å². The zero-order chi connectivity index (χ0) is 35.2. The van der Waals surface area contributed by atoms with Crippen LogP contribution in [0.5, 0.6) is 0 Å². The minimum atomic E-state index is -4.82. The Morgan fingerprint density at radius 2 is 1.62 bits per heavy atom. The predicted molar refractivity (Wildman–Crippen MR) is 170 cm³/mol. The molecule has 0 aromatic heterocycles. The van der Waals surface area contributed by atoms with Crippen molar-refractivity contribution in [2.24, 2.45) is 5.92 Å². The number of thioether (sulfide) groups is 1. The first-order chi connectivity index (χ1) is 22.6. The molecule has 0 spiro atoms. The van der Waals surface area contributed by atoms with Crippen LogP contribution >= 0.6 is 11.8 Å². The van der Waals surface area contributed by atoms with Crippen molar-refractivity contribution in [3.05, 3.63) is 53.6 Å². The number of halogens is 3. The lowest BCUT2D eigenvalue weighted by atomic mass is 9.84. The van der Waals surface area contributed by atoms with E-state index in [4.69, 9.17) is 5.11 Å². The number of urea groups is 1. The molecule has 13 nitrogen and oxygen atoms in total. The van der Waals surface area contributed by atoms with Gasteiger partial charge in [-0.2, -0.15) is 13.2 Å². The summed E-state index contributed by atoms with van der Waals surface area (Å²) >= 11 is 1.46. The van der Waals surface area contributed by atoms with Gasteiger partial charge in [0.05, 0.1) is 40.1 Å². The van der Waals surface area contributed by atoms with Crippen LogP contribution < -0.4 is 16.0 Å². The number of piperazine rings is 1. The number of benzene rings is 2. The molecule has 2 aliphatic rings. The Morgan fingerprint density at radius 1 is 0.979 bits per heavy atom. The lowest BCUT2D eigenvalue weighted by Crippen LogP contribution is -2.51. The molecule has 262 valence electrons. The smallest absolute Gasteiger partial charge is 0.416 e. The maximum absolute atomic E-state index is 13.5. The lowest BCUT2D eigenvalue weighted by molar-refractivity contribution is -0.137. The first-order valence-electron chi connectivity index (χ1n) is 14.9. The molecular weight excluding hydrogens is 679 g/mol. The number of amides is 5. The number of nitrogens with one attached hydrogen (secondary N) is 3. The molecular formula is C30H36F3N5O8S2. The Morgan fingerprint density at radius 3 is 2.23 bits per heavy atom. The fourth-order valence-electron chi connectivity index (χ4n) is 5.57. The number of sulfone groups is 1. The number of anilines is 1. The molecule has 5 N–H and O–H groups in total. The average molecular weight is 716 g/mol. The molecule has 0 unspecified atom stereocenters. The molecule has 2 aromatic rings. The molecule has 0 radical (unpaired) electrons. The third-order valence-corrected chi connectivity index (χ3v) is 10.8. The van der Waals surface area contributed by atoms with Crippen LogP contribution in [0.1, 0.15) is 35.2 Å². The van der Waals surface area contributed by atoms with Gasteiger partial charge in [0, 0.05) is 37.1 Å². The molecule has 18 heteroatoms. The topological polar surface area (TPSA) is 185 Å². The van der Waals surface area contributed by atoms with Gasteiger partial charge in [0.2, 0.25) is 5.91 Å². The van der Waals surface area contributed by atoms with Gasteiger partial charge < -0.3 is 36.0 Å². The second-order valence-corrected chi connectivity index (χ2v) is 14.4. The molecule has 2 fully saturated rings. The first-order valence-corrected chi connectivity index (χ1v) is 17.8. The van der Waals surface area contributed by atoms with Crippen LogP contribution in [0.25, 0.3) is 0 Å². The van der Waals surface area contributed by atoms with Crippen LogP contribution in [0, 0.1) is 5.92 Å². The van der Waals surface area contributed by atoms with Gasteiger partial charge in [0.1, 0.15) is 0 Å². The van der Waals surface area contributed by atoms with Crippen molar-refractivity contribution in [1.82, 2.24) is 20.4 Å². The van der Waals surface area contributed by atoms with Gasteiger partial charge >= 0.3 is 18.3 Å². The van der Waals surface area contributed by atoms with E-state index < -0.39 is 75.7 Å². The molecule has 1 aliphatic carbocycles. The molecule has 48 heavy (non-hydrogen) atoms. The number of carboxylic acid groups (broad SMARTS) is 1. The molecule has 1 heterocycles. The quantitative estimate of drug-likeness (QED) is 0.244. The van der Waals surface area contributed by atoms with E-state index in [-0.39, 0.29) is 48.9 Å². The van der Waals surface area contributed by atoms with E-state index in [2.05, 4.69) is 16.0 Å². The van der Waals surface area contributed by atoms with E-state index in [9.17, 15) is 45.9 Å². The summed E-state index contributed by atoms with van der Waals surface area (Å²) in [6, 6.07) is 6.99. The zero-order valence-electron chi connectivity index (χ0n) is 25.8. The van der Waals surface area contributed by atoms with E-state index in [1.165, 1.54) is 28.8 Å². The lowest BCUT2D eigenvalue weighted by Gasteiger charge is -2.34. The van der Waals surface area contributed by atoms with Crippen LogP contribution in [-0.2, 0) is 20.8 Å². The van der Waals surface area contributed by atoms with Crippen molar-refractivity contribution in [2.45, 2.75) is 47.4 Å². The predicted octanol–water partition coefficient (Wildman–Crippen LogP) is 3.10. The first kappa shape index (κ1) is 36.8. The van der Waals surface area contributed by atoms with E-state index >= 15 is 0 Å². The maximum Gasteiger partial charge on any atom is 0.416 e. The monoisotopic (exact) mass is 715 g/mol. The van der Waals surface area contributed by atoms with Crippen LogP contribution in [0.3, 0.4) is 0 Å². The van der Waals surface area contributed by atoms with Gasteiger partial charge in [0.25, 0.3) is 5.91 Å². The van der Waals surface area contributed by atoms with E-state index in [0.717, 1.165) is 15.9 Å². The number of hydrogen-bond donors (Lipinski definition) is 5. The summed E-state index contributed by atoms with van der Waals surface area (Å²) in [6.45, 7) is -0.615. The average Bonchev–Trinajstić information content (AvgIpc) is 3.04. The van der Waals surface area contributed by atoms with Crippen molar-refractivity contribution >= 4 is 51.2 Å². The number of aliphatic hydroxyl groups is 1. The maximum atomic E-state index is 13.5. The Labute approximate surface area is 279 Å². The fourth-order valence-corrected chi connectivity index (χ4v) is 7.69. The SMILES string of the molecule is CSc1ccc(S(=O)(=O)C[C@@H]2CC[C@H](O)C[C@@H]2NC(=O)CNC(=O)c2cc(C(F)(F)F)ccc2NC(=O)N2CCN(C(=O)O)CC2)cc1. The van der Waals surface area contributed by atoms with Gasteiger partial charge in [-0.15, -0.1) is 11.8 Å².